The van der Waals surface area contributed by atoms with Crippen LogP contribution < -0.4 is 0 Å². The summed E-state index contributed by atoms with van der Waals surface area (Å²) in [6.45, 7) is 0. The third kappa shape index (κ3) is 1.18. The molecule has 48 valence electrons. The Morgan fingerprint density at radius 1 is 1.56 bits per heavy atom. The van der Waals surface area contributed by atoms with Gasteiger partial charge < -0.3 is 4.84 Å². The molecule has 0 spiro atoms. The maximum atomic E-state index is 9.88. The van der Waals surface area contributed by atoms with Crippen molar-refractivity contribution >= 4 is 0 Å². The molecule has 0 radical (unpaired) electrons. The Balaban J connectivity index is 2.56. The SMILES string of the molecule is O=[N+]([O-])N1C=CC=CO1. The van der Waals surface area contributed by atoms with Crippen molar-refractivity contribution in [1.82, 2.24) is 5.17 Å². The van der Waals surface area contributed by atoms with Gasteiger partial charge in [-0.2, -0.15) is 0 Å². The van der Waals surface area contributed by atoms with Crippen LogP contribution in [0, 0.1) is 10.1 Å². The van der Waals surface area contributed by atoms with Crippen LogP contribution in [0.2, 0.25) is 0 Å². The lowest BCUT2D eigenvalue weighted by Gasteiger charge is -2.07. The van der Waals surface area contributed by atoms with Crippen molar-refractivity contribution in [3.63, 3.8) is 0 Å². The molecule has 0 aromatic rings. The van der Waals surface area contributed by atoms with Crippen LogP contribution in [0.5, 0.6) is 0 Å². The molecule has 0 bridgehead atoms. The van der Waals surface area contributed by atoms with Gasteiger partial charge in [0.25, 0.3) is 0 Å². The third-order valence-electron chi connectivity index (χ3n) is 0.733. The van der Waals surface area contributed by atoms with Gasteiger partial charge in [-0.3, -0.25) is 0 Å². The van der Waals surface area contributed by atoms with Crippen molar-refractivity contribution in [3.05, 3.63) is 34.7 Å². The largest absolute Gasteiger partial charge is 0.332 e. The number of nitro groups is 1. The van der Waals surface area contributed by atoms with Gasteiger partial charge >= 0.3 is 0 Å². The Morgan fingerprint density at radius 3 is 2.67 bits per heavy atom. The predicted octanol–water partition coefficient (Wildman–Crippen LogP) is 0.453. The van der Waals surface area contributed by atoms with Crippen LogP contribution in [0.4, 0.5) is 0 Å². The van der Waals surface area contributed by atoms with Gasteiger partial charge in [-0.15, -0.1) is 0 Å². The minimum absolute atomic E-state index is 0.514. The van der Waals surface area contributed by atoms with Gasteiger partial charge in [0.05, 0.1) is 5.17 Å². The van der Waals surface area contributed by atoms with Crippen LogP contribution in [0.25, 0.3) is 0 Å². The quantitative estimate of drug-likeness (QED) is 0.380. The molecule has 0 aromatic carbocycles. The van der Waals surface area contributed by atoms with Gasteiger partial charge in [0, 0.05) is 0 Å². The summed E-state index contributed by atoms with van der Waals surface area (Å²) in [5.74, 6) is 0. The van der Waals surface area contributed by atoms with Gasteiger partial charge in [0.2, 0.25) is 5.03 Å². The highest BCUT2D eigenvalue weighted by Gasteiger charge is 2.10. The Bertz CT molecular complexity index is 175. The Hall–Kier alpha value is -1.52. The maximum absolute atomic E-state index is 9.88. The highest BCUT2D eigenvalue weighted by Crippen LogP contribution is 1.98. The average molecular weight is 128 g/mol. The van der Waals surface area contributed by atoms with Crippen LogP contribution >= 0.6 is 0 Å². The van der Waals surface area contributed by atoms with Crippen molar-refractivity contribution in [2.24, 2.45) is 0 Å². The van der Waals surface area contributed by atoms with Gasteiger partial charge in [-0.05, 0) is 12.2 Å². The molecule has 1 rings (SSSR count). The summed E-state index contributed by atoms with van der Waals surface area (Å²) in [7, 11) is 0. The normalized spacial score (nSPS) is 15.3. The summed E-state index contributed by atoms with van der Waals surface area (Å²) in [5, 5.41) is 9.72. The first-order chi connectivity index (χ1) is 4.30. The Labute approximate surface area is 50.9 Å². The number of hydroxylamine groups is 1. The number of rotatable bonds is 1. The second-order valence-corrected chi connectivity index (χ2v) is 1.32. The summed E-state index contributed by atoms with van der Waals surface area (Å²) in [6, 6.07) is 0. The second kappa shape index (κ2) is 2.17. The van der Waals surface area contributed by atoms with Crippen molar-refractivity contribution in [2.75, 3.05) is 0 Å². The molecule has 5 nitrogen and oxygen atoms in total. The first-order valence-corrected chi connectivity index (χ1v) is 2.24. The van der Waals surface area contributed by atoms with Crippen molar-refractivity contribution in [3.8, 4) is 0 Å². The standard InChI is InChI=1S/C4H4N2O3/c7-6(8)5-3-1-2-4-9-5/h1-4H. The predicted molar refractivity (Wildman–Crippen MR) is 28.2 cm³/mol. The third-order valence-corrected chi connectivity index (χ3v) is 0.733. The van der Waals surface area contributed by atoms with E-state index >= 15 is 0 Å². The molecule has 9 heavy (non-hydrogen) atoms. The van der Waals surface area contributed by atoms with E-state index in [4.69, 9.17) is 0 Å². The number of hydrogen-bond acceptors (Lipinski definition) is 3. The zero-order valence-electron chi connectivity index (χ0n) is 4.43. The van der Waals surface area contributed by atoms with E-state index in [9.17, 15) is 10.1 Å². The summed E-state index contributed by atoms with van der Waals surface area (Å²) < 4.78 is 0. The summed E-state index contributed by atoms with van der Waals surface area (Å²) >= 11 is 0. The minimum Gasteiger partial charge on any atom is -0.332 e. The molecule has 1 heterocycles. The molecule has 0 N–H and O–H groups in total. The van der Waals surface area contributed by atoms with Crippen LogP contribution in [0.3, 0.4) is 0 Å². The molecule has 0 fully saturated rings. The molecule has 0 atom stereocenters. The van der Waals surface area contributed by atoms with E-state index in [2.05, 4.69) is 4.84 Å². The lowest BCUT2D eigenvalue weighted by molar-refractivity contribution is -0.710. The summed E-state index contributed by atoms with van der Waals surface area (Å²) in [5.41, 5.74) is 0. The number of nitrogens with zero attached hydrogens (tertiary/aromatic N) is 2. The molecule has 0 aromatic heterocycles. The number of hydrogen-bond donors (Lipinski definition) is 0. The zero-order valence-corrected chi connectivity index (χ0v) is 4.43. The van der Waals surface area contributed by atoms with E-state index in [1.807, 2.05) is 0 Å². The fourth-order valence-electron chi connectivity index (χ4n) is 0.394. The number of hydrazine groups is 1. The van der Waals surface area contributed by atoms with Crippen LogP contribution in [-0.2, 0) is 4.84 Å². The lowest BCUT2D eigenvalue weighted by atomic mass is 10.6. The molecule has 0 unspecified atom stereocenters. The van der Waals surface area contributed by atoms with Crippen LogP contribution in [-0.4, -0.2) is 10.2 Å². The second-order valence-electron chi connectivity index (χ2n) is 1.32. The highest BCUT2D eigenvalue weighted by molar-refractivity contribution is 4.99. The monoisotopic (exact) mass is 128 g/mol. The van der Waals surface area contributed by atoms with E-state index in [-0.39, 0.29) is 0 Å². The smallest absolute Gasteiger partial charge is 0.201 e. The number of allylic oxidation sites excluding steroid dienone is 2. The molecular weight excluding hydrogens is 124 g/mol. The molecular formula is C4H4N2O3. The van der Waals surface area contributed by atoms with Crippen molar-refractivity contribution in [2.45, 2.75) is 0 Å². The van der Waals surface area contributed by atoms with E-state index in [1.165, 1.54) is 18.5 Å². The van der Waals surface area contributed by atoms with E-state index in [1.54, 1.807) is 6.08 Å². The van der Waals surface area contributed by atoms with Gasteiger partial charge in [0.15, 0.2) is 0 Å². The summed E-state index contributed by atoms with van der Waals surface area (Å²) in [6.07, 6.45) is 5.50. The van der Waals surface area contributed by atoms with Crippen molar-refractivity contribution in [1.29, 1.82) is 0 Å². The molecule has 1 aliphatic heterocycles. The minimum atomic E-state index is -0.667. The fraction of sp³-hybridized carbons (Fsp3) is 0. The lowest BCUT2D eigenvalue weighted by Crippen LogP contribution is -2.23. The van der Waals surface area contributed by atoms with Gasteiger partial charge in [0.1, 0.15) is 12.5 Å². The van der Waals surface area contributed by atoms with E-state index in [0.29, 0.717) is 5.17 Å². The van der Waals surface area contributed by atoms with Crippen LogP contribution in [0.1, 0.15) is 0 Å². The first-order valence-electron chi connectivity index (χ1n) is 2.24. The topological polar surface area (TPSA) is 55.6 Å². The average Bonchev–Trinajstić information content (AvgIpc) is 1.90. The maximum Gasteiger partial charge on any atom is 0.201 e. The van der Waals surface area contributed by atoms with Crippen molar-refractivity contribution < 1.29 is 9.87 Å². The zero-order chi connectivity index (χ0) is 6.69. The Morgan fingerprint density at radius 2 is 2.33 bits per heavy atom. The summed E-state index contributed by atoms with van der Waals surface area (Å²) in [4.78, 5) is 14.3. The first kappa shape index (κ1) is 5.61. The van der Waals surface area contributed by atoms with Crippen LogP contribution in [0.15, 0.2) is 24.6 Å². The van der Waals surface area contributed by atoms with E-state index in [0.717, 1.165) is 0 Å². The van der Waals surface area contributed by atoms with Gasteiger partial charge in [-0.1, -0.05) is 0 Å². The van der Waals surface area contributed by atoms with E-state index < -0.39 is 5.03 Å². The highest BCUT2D eigenvalue weighted by atomic mass is 16.8. The Kier molecular flexibility index (Phi) is 1.35. The molecule has 0 saturated heterocycles. The fourth-order valence-corrected chi connectivity index (χ4v) is 0.394. The molecule has 0 amide bonds. The van der Waals surface area contributed by atoms with Gasteiger partial charge in [-0.25, -0.2) is 10.1 Å². The molecule has 0 saturated carbocycles. The molecule has 5 heteroatoms. The molecule has 1 aliphatic rings. The molecule has 0 aliphatic carbocycles.